The van der Waals surface area contributed by atoms with E-state index in [4.69, 9.17) is 4.74 Å². The quantitative estimate of drug-likeness (QED) is 0.609. The Labute approximate surface area is 162 Å². The molecule has 2 aromatic rings. The lowest BCUT2D eigenvalue weighted by atomic mass is 9.91. The van der Waals surface area contributed by atoms with Crippen molar-refractivity contribution in [2.24, 2.45) is 0 Å². The Morgan fingerprint density at radius 3 is 2.56 bits per heavy atom. The molecule has 6 heteroatoms. The first-order valence-corrected chi connectivity index (χ1v) is 11.1. The number of aryl methyl sites for hydroxylation is 1. The zero-order valence-electron chi connectivity index (χ0n) is 14.0. The van der Waals surface area contributed by atoms with Crippen LogP contribution in [-0.2, 0) is 10.0 Å². The molecular weight excluding hydrogens is 449 g/mol. The van der Waals surface area contributed by atoms with Gasteiger partial charge in [-0.05, 0) is 79.1 Å². The zero-order valence-corrected chi connectivity index (χ0v) is 17.0. The molecule has 0 amide bonds. The third-order valence-corrected chi connectivity index (χ3v) is 7.51. The van der Waals surface area contributed by atoms with Crippen LogP contribution in [0.4, 0.5) is 5.69 Å². The van der Waals surface area contributed by atoms with Crippen molar-refractivity contribution >= 4 is 38.3 Å². The summed E-state index contributed by atoms with van der Waals surface area (Å²) in [5.41, 5.74) is 1.71. The fraction of sp³-hybridized carbons (Fsp3) is 0.368. The average molecular weight is 469 g/mol. The zero-order chi connectivity index (χ0) is 17.6. The standard InChI is InChI=1S/C19H20INO3S/c1-13-6-9-15(10-7-13)25(22,23)21-16-4-2-3-5-18(16)24-19-11-8-14(20)12-17(19)21/h6-12,16,18H,2-5H2,1H3. The van der Waals surface area contributed by atoms with Gasteiger partial charge in [-0.2, -0.15) is 0 Å². The highest BCUT2D eigenvalue weighted by Crippen LogP contribution is 2.44. The molecule has 4 rings (SSSR count). The maximum absolute atomic E-state index is 13.5. The molecule has 132 valence electrons. The van der Waals surface area contributed by atoms with E-state index in [0.29, 0.717) is 16.3 Å². The van der Waals surface area contributed by atoms with Crippen LogP contribution in [0.15, 0.2) is 47.4 Å². The van der Waals surface area contributed by atoms with Gasteiger partial charge in [-0.3, -0.25) is 4.31 Å². The van der Waals surface area contributed by atoms with Crippen molar-refractivity contribution in [1.82, 2.24) is 0 Å². The summed E-state index contributed by atoms with van der Waals surface area (Å²) in [7, 11) is -3.63. The number of sulfonamides is 1. The Morgan fingerprint density at radius 1 is 1.08 bits per heavy atom. The Hall–Kier alpha value is -1.28. The molecule has 1 saturated carbocycles. The molecule has 2 aliphatic rings. The first-order valence-electron chi connectivity index (χ1n) is 8.54. The second-order valence-electron chi connectivity index (χ2n) is 6.73. The van der Waals surface area contributed by atoms with Gasteiger partial charge in [-0.15, -0.1) is 0 Å². The van der Waals surface area contributed by atoms with E-state index in [1.807, 2.05) is 37.3 Å². The normalized spacial score (nSPS) is 22.7. The van der Waals surface area contributed by atoms with E-state index < -0.39 is 10.0 Å². The van der Waals surface area contributed by atoms with E-state index in [0.717, 1.165) is 34.8 Å². The maximum Gasteiger partial charge on any atom is 0.264 e. The van der Waals surface area contributed by atoms with Crippen LogP contribution >= 0.6 is 22.6 Å². The molecule has 0 radical (unpaired) electrons. The van der Waals surface area contributed by atoms with Gasteiger partial charge in [0.15, 0.2) is 0 Å². The highest BCUT2D eigenvalue weighted by atomic mass is 127. The molecule has 0 N–H and O–H groups in total. The summed E-state index contributed by atoms with van der Waals surface area (Å²) in [5.74, 6) is 0.666. The van der Waals surface area contributed by atoms with Gasteiger partial charge >= 0.3 is 0 Å². The van der Waals surface area contributed by atoms with Gasteiger partial charge in [0.1, 0.15) is 11.9 Å². The fourth-order valence-electron chi connectivity index (χ4n) is 3.72. The van der Waals surface area contributed by atoms with E-state index in [2.05, 4.69) is 22.6 Å². The van der Waals surface area contributed by atoms with Gasteiger partial charge in [0.2, 0.25) is 0 Å². The Bertz CT molecular complexity index is 895. The van der Waals surface area contributed by atoms with Crippen molar-refractivity contribution in [3.05, 3.63) is 51.6 Å². The summed E-state index contributed by atoms with van der Waals surface area (Å²) < 4.78 is 35.8. The van der Waals surface area contributed by atoms with E-state index in [1.54, 1.807) is 16.4 Å². The van der Waals surface area contributed by atoms with Crippen molar-refractivity contribution in [1.29, 1.82) is 0 Å². The molecule has 1 fully saturated rings. The van der Waals surface area contributed by atoms with Crippen molar-refractivity contribution < 1.29 is 13.2 Å². The number of halogens is 1. The lowest BCUT2D eigenvalue weighted by molar-refractivity contribution is 0.122. The first kappa shape index (κ1) is 17.1. The van der Waals surface area contributed by atoms with Gasteiger partial charge in [0, 0.05) is 3.57 Å². The summed E-state index contributed by atoms with van der Waals surface area (Å²) in [6.45, 7) is 1.96. The Morgan fingerprint density at radius 2 is 1.80 bits per heavy atom. The molecule has 0 aromatic heterocycles. The molecule has 2 unspecified atom stereocenters. The molecule has 0 saturated heterocycles. The van der Waals surface area contributed by atoms with Crippen LogP contribution in [0.3, 0.4) is 0 Å². The summed E-state index contributed by atoms with van der Waals surface area (Å²) >= 11 is 2.21. The number of ether oxygens (including phenoxy) is 1. The summed E-state index contributed by atoms with van der Waals surface area (Å²) in [4.78, 5) is 0.342. The minimum Gasteiger partial charge on any atom is -0.486 e. The Kier molecular flexibility index (Phi) is 4.43. The number of benzene rings is 2. The number of anilines is 1. The van der Waals surface area contributed by atoms with Crippen molar-refractivity contribution in [3.8, 4) is 5.75 Å². The van der Waals surface area contributed by atoms with Gasteiger partial charge < -0.3 is 4.74 Å². The maximum atomic E-state index is 13.5. The first-order chi connectivity index (χ1) is 12.0. The monoisotopic (exact) mass is 469 g/mol. The lowest BCUT2D eigenvalue weighted by Crippen LogP contribution is -2.53. The van der Waals surface area contributed by atoms with Crippen LogP contribution in [0, 0.1) is 10.5 Å². The predicted octanol–water partition coefficient (Wildman–Crippen LogP) is 4.50. The minimum atomic E-state index is -3.63. The summed E-state index contributed by atoms with van der Waals surface area (Å²) in [6.07, 6.45) is 3.78. The number of fused-ring (bicyclic) bond motifs is 2. The van der Waals surface area contributed by atoms with E-state index in [-0.39, 0.29) is 12.1 Å². The molecule has 1 heterocycles. The van der Waals surface area contributed by atoms with Crippen LogP contribution in [0.1, 0.15) is 31.2 Å². The van der Waals surface area contributed by atoms with E-state index in [1.165, 1.54) is 0 Å². The Balaban J connectivity index is 1.87. The van der Waals surface area contributed by atoms with Gasteiger partial charge in [0.25, 0.3) is 10.0 Å². The highest BCUT2D eigenvalue weighted by Gasteiger charge is 2.43. The molecule has 1 aliphatic heterocycles. The molecule has 0 bridgehead atoms. The van der Waals surface area contributed by atoms with E-state index in [9.17, 15) is 8.42 Å². The van der Waals surface area contributed by atoms with Gasteiger partial charge in [-0.25, -0.2) is 8.42 Å². The molecule has 0 spiro atoms. The number of hydrogen-bond donors (Lipinski definition) is 0. The molecule has 4 nitrogen and oxygen atoms in total. The van der Waals surface area contributed by atoms with Crippen molar-refractivity contribution in [3.63, 3.8) is 0 Å². The molecule has 2 aromatic carbocycles. The number of nitrogens with zero attached hydrogens (tertiary/aromatic N) is 1. The van der Waals surface area contributed by atoms with Crippen LogP contribution in [0.5, 0.6) is 5.75 Å². The van der Waals surface area contributed by atoms with Gasteiger partial charge in [-0.1, -0.05) is 24.1 Å². The molecule has 2 atom stereocenters. The molecule has 25 heavy (non-hydrogen) atoms. The van der Waals surface area contributed by atoms with Crippen LogP contribution in [0.25, 0.3) is 0 Å². The average Bonchev–Trinajstić information content (AvgIpc) is 2.60. The molecule has 1 aliphatic carbocycles. The predicted molar refractivity (Wildman–Crippen MR) is 107 cm³/mol. The third-order valence-electron chi connectivity index (χ3n) is 4.98. The SMILES string of the molecule is Cc1ccc(S(=O)(=O)N2c3cc(I)ccc3OC3CCCCC32)cc1. The summed E-state index contributed by atoms with van der Waals surface area (Å²) in [5, 5.41) is 0. The smallest absolute Gasteiger partial charge is 0.264 e. The van der Waals surface area contributed by atoms with Crippen LogP contribution < -0.4 is 9.04 Å². The van der Waals surface area contributed by atoms with E-state index >= 15 is 0 Å². The second-order valence-corrected chi connectivity index (χ2v) is 9.79. The topological polar surface area (TPSA) is 46.6 Å². The number of hydrogen-bond acceptors (Lipinski definition) is 3. The van der Waals surface area contributed by atoms with Crippen molar-refractivity contribution in [2.45, 2.75) is 49.6 Å². The van der Waals surface area contributed by atoms with Crippen LogP contribution in [-0.4, -0.2) is 20.6 Å². The largest absolute Gasteiger partial charge is 0.486 e. The fourth-order valence-corrected chi connectivity index (χ4v) is 5.90. The minimum absolute atomic E-state index is 0.0680. The third kappa shape index (κ3) is 3.03. The highest BCUT2D eigenvalue weighted by molar-refractivity contribution is 14.1. The van der Waals surface area contributed by atoms with Crippen molar-refractivity contribution in [2.75, 3.05) is 4.31 Å². The number of rotatable bonds is 2. The summed E-state index contributed by atoms with van der Waals surface area (Å²) in [6, 6.07) is 12.7. The van der Waals surface area contributed by atoms with Gasteiger partial charge in [0.05, 0.1) is 16.6 Å². The second kappa shape index (κ2) is 6.46. The lowest BCUT2D eigenvalue weighted by Gasteiger charge is -2.44. The molecular formula is C19H20INO3S. The van der Waals surface area contributed by atoms with Crippen LogP contribution in [0.2, 0.25) is 0 Å².